The fraction of sp³-hybridized carbons (Fsp3) is 0.474. The number of methoxy groups -OCH3 is 2. The molecule has 0 radical (unpaired) electrons. The smallest absolute Gasteiger partial charge is 0.271 e. The molecule has 0 fully saturated rings. The van der Waals surface area contributed by atoms with Crippen molar-refractivity contribution in [1.29, 1.82) is 0 Å². The Morgan fingerprint density at radius 2 is 1.90 bits per heavy atom. The number of nitrogens with zero attached hydrogens (tertiary/aromatic N) is 3. The highest BCUT2D eigenvalue weighted by atomic mass is 35.5. The second kappa shape index (κ2) is 9.49. The second-order valence-corrected chi connectivity index (χ2v) is 8.59. The van der Waals surface area contributed by atoms with Crippen molar-refractivity contribution in [1.82, 2.24) is 14.1 Å². The van der Waals surface area contributed by atoms with Gasteiger partial charge in [-0.1, -0.05) is 17.7 Å². The molecular formula is C19H26ClN3O5S. The van der Waals surface area contributed by atoms with E-state index in [-0.39, 0.29) is 28.7 Å². The minimum absolute atomic E-state index is 0.0147. The number of hydrogen-bond acceptors (Lipinski definition) is 6. The second-order valence-electron chi connectivity index (χ2n) is 6.44. The van der Waals surface area contributed by atoms with E-state index in [0.29, 0.717) is 24.3 Å². The molecule has 0 aliphatic rings. The molecule has 0 aliphatic carbocycles. The number of sulfonamides is 1. The minimum Gasteiger partial charge on any atom is -0.493 e. The van der Waals surface area contributed by atoms with E-state index in [1.165, 1.54) is 4.68 Å². The Kier molecular flexibility index (Phi) is 7.54. The van der Waals surface area contributed by atoms with E-state index in [1.54, 1.807) is 41.2 Å². The highest BCUT2D eigenvalue weighted by Gasteiger charge is 2.33. The van der Waals surface area contributed by atoms with Crippen LogP contribution in [0.15, 0.2) is 23.1 Å². The molecule has 1 aromatic carbocycles. The van der Waals surface area contributed by atoms with E-state index in [2.05, 4.69) is 5.10 Å². The maximum atomic E-state index is 13.0. The van der Waals surface area contributed by atoms with Crippen LogP contribution in [-0.2, 0) is 28.3 Å². The number of amides is 1. The van der Waals surface area contributed by atoms with Crippen LogP contribution in [0.4, 0.5) is 0 Å². The van der Waals surface area contributed by atoms with Gasteiger partial charge in [0, 0.05) is 20.0 Å². The lowest BCUT2D eigenvalue weighted by Gasteiger charge is -2.21. The fourth-order valence-corrected chi connectivity index (χ4v) is 5.24. The summed E-state index contributed by atoms with van der Waals surface area (Å²) in [6, 6.07) is 5.53. The van der Waals surface area contributed by atoms with Gasteiger partial charge in [0.05, 0.1) is 19.9 Å². The number of ether oxygens (including phenoxy) is 2. The molecule has 1 amide bonds. The number of carbonyl (C=O) groups excluding carboxylic acids is 1. The number of aryl methyl sites for hydroxylation is 3. The number of rotatable bonds is 9. The van der Waals surface area contributed by atoms with E-state index in [9.17, 15) is 13.2 Å². The predicted molar refractivity (Wildman–Crippen MR) is 110 cm³/mol. The molecule has 0 bridgehead atoms. The maximum absolute atomic E-state index is 13.0. The zero-order chi connectivity index (χ0) is 21.8. The van der Waals surface area contributed by atoms with E-state index < -0.39 is 15.9 Å². The first-order valence-corrected chi connectivity index (χ1v) is 10.9. The Morgan fingerprint density at radius 1 is 1.24 bits per heavy atom. The summed E-state index contributed by atoms with van der Waals surface area (Å²) in [4.78, 5) is 12.5. The average Bonchev–Trinajstić information content (AvgIpc) is 2.94. The number of aromatic nitrogens is 2. The molecule has 0 aliphatic heterocycles. The van der Waals surface area contributed by atoms with Gasteiger partial charge in [-0.25, -0.2) is 12.7 Å². The minimum atomic E-state index is -4.07. The lowest BCUT2D eigenvalue weighted by molar-refractivity contribution is -0.126. The zero-order valence-electron chi connectivity index (χ0n) is 17.2. The first-order chi connectivity index (χ1) is 13.7. The van der Waals surface area contributed by atoms with Crippen LogP contribution < -0.4 is 9.47 Å². The fourth-order valence-electron chi connectivity index (χ4n) is 3.10. The monoisotopic (exact) mass is 443 g/mol. The molecule has 0 unspecified atom stereocenters. The summed E-state index contributed by atoms with van der Waals surface area (Å²) in [5.74, 6) is 0.752. The third kappa shape index (κ3) is 4.84. The molecule has 10 heteroatoms. The number of carbonyl (C=O) groups is 1. The van der Waals surface area contributed by atoms with Gasteiger partial charge in [-0.2, -0.15) is 5.10 Å². The number of halogens is 1. The highest BCUT2D eigenvalue weighted by molar-refractivity contribution is 7.89. The quantitative estimate of drug-likeness (QED) is 0.591. The molecule has 8 nitrogen and oxygen atoms in total. The van der Waals surface area contributed by atoms with Crippen LogP contribution >= 0.6 is 11.6 Å². The van der Waals surface area contributed by atoms with Gasteiger partial charge in [0.25, 0.3) is 10.0 Å². The van der Waals surface area contributed by atoms with Crippen LogP contribution in [0.2, 0.25) is 5.15 Å². The molecular weight excluding hydrogens is 418 g/mol. The van der Waals surface area contributed by atoms with Crippen LogP contribution in [0.1, 0.15) is 31.0 Å². The summed E-state index contributed by atoms with van der Waals surface area (Å²) >= 11 is 6.10. The number of hydrogen-bond donors (Lipinski definition) is 0. The van der Waals surface area contributed by atoms with Crippen molar-refractivity contribution in [3.63, 3.8) is 0 Å². The van der Waals surface area contributed by atoms with Crippen LogP contribution in [-0.4, -0.2) is 49.2 Å². The molecule has 1 aromatic heterocycles. The van der Waals surface area contributed by atoms with E-state index >= 15 is 0 Å². The van der Waals surface area contributed by atoms with E-state index in [1.807, 2.05) is 12.1 Å². The van der Waals surface area contributed by atoms with Crippen LogP contribution in [0.5, 0.6) is 11.5 Å². The van der Waals surface area contributed by atoms with E-state index in [0.717, 1.165) is 9.87 Å². The van der Waals surface area contributed by atoms with E-state index in [4.69, 9.17) is 21.1 Å². The normalized spacial score (nSPS) is 11.4. The molecule has 0 N–H and O–H groups in total. The molecule has 0 saturated carbocycles. The van der Waals surface area contributed by atoms with Crippen molar-refractivity contribution in [3.05, 3.63) is 34.6 Å². The Bertz CT molecular complexity index is 988. The summed E-state index contributed by atoms with van der Waals surface area (Å²) in [7, 11) is 0.596. The van der Waals surface area contributed by atoms with Gasteiger partial charge < -0.3 is 9.47 Å². The summed E-state index contributed by atoms with van der Waals surface area (Å²) in [5, 5.41) is 4.02. The summed E-state index contributed by atoms with van der Waals surface area (Å²) in [6.45, 7) is 3.18. The molecule has 160 valence electrons. The van der Waals surface area contributed by atoms with Crippen molar-refractivity contribution in [2.75, 3.05) is 20.8 Å². The molecule has 0 atom stereocenters. The summed E-state index contributed by atoms with van der Waals surface area (Å²) in [5.41, 5.74) is 1.22. The molecule has 2 aromatic rings. The Morgan fingerprint density at radius 3 is 2.41 bits per heavy atom. The van der Waals surface area contributed by atoms with Crippen molar-refractivity contribution in [3.8, 4) is 11.5 Å². The standard InChI is InChI=1S/C19H26ClN3O5S/c1-6-23(29(25,26)18-13(2)21-22(3)19(18)20)17(24)9-7-8-14-10-11-15(27-4)16(12-14)28-5/h10-12H,6-9H2,1-5H3. The van der Waals surface area contributed by atoms with Gasteiger partial charge in [-0.3, -0.25) is 9.48 Å². The lowest BCUT2D eigenvalue weighted by Crippen LogP contribution is -2.37. The molecule has 1 heterocycles. The van der Waals surface area contributed by atoms with Gasteiger partial charge in [-0.15, -0.1) is 0 Å². The Balaban J connectivity index is 2.10. The molecule has 0 saturated heterocycles. The predicted octanol–water partition coefficient (Wildman–Crippen LogP) is 2.96. The van der Waals surface area contributed by atoms with Gasteiger partial charge in [0.2, 0.25) is 5.91 Å². The van der Waals surface area contributed by atoms with Crippen LogP contribution in [0.25, 0.3) is 0 Å². The third-order valence-electron chi connectivity index (χ3n) is 4.52. The Labute approximate surface area is 176 Å². The van der Waals surface area contributed by atoms with Crippen LogP contribution in [0.3, 0.4) is 0 Å². The first kappa shape index (κ1) is 23.0. The third-order valence-corrected chi connectivity index (χ3v) is 7.11. The van der Waals surface area contributed by atoms with Crippen molar-refractivity contribution >= 4 is 27.5 Å². The van der Waals surface area contributed by atoms with Crippen molar-refractivity contribution < 1.29 is 22.7 Å². The summed E-state index contributed by atoms with van der Waals surface area (Å²) < 4.78 is 38.6. The van der Waals surface area contributed by atoms with Gasteiger partial charge >= 0.3 is 0 Å². The Hall–Kier alpha value is -2.26. The maximum Gasteiger partial charge on any atom is 0.271 e. The first-order valence-electron chi connectivity index (χ1n) is 9.12. The van der Waals surface area contributed by atoms with Gasteiger partial charge in [-0.05, 0) is 44.4 Å². The topological polar surface area (TPSA) is 90.7 Å². The highest BCUT2D eigenvalue weighted by Crippen LogP contribution is 2.29. The average molecular weight is 444 g/mol. The lowest BCUT2D eigenvalue weighted by atomic mass is 10.1. The molecule has 0 spiro atoms. The van der Waals surface area contributed by atoms with Crippen LogP contribution in [0, 0.1) is 6.92 Å². The van der Waals surface area contributed by atoms with Gasteiger partial charge in [0.15, 0.2) is 11.5 Å². The SMILES string of the molecule is CCN(C(=O)CCCc1ccc(OC)c(OC)c1)S(=O)(=O)c1c(C)nn(C)c1Cl. The van der Waals surface area contributed by atoms with Crippen molar-refractivity contribution in [2.24, 2.45) is 7.05 Å². The molecule has 2 rings (SSSR count). The van der Waals surface area contributed by atoms with Crippen molar-refractivity contribution in [2.45, 2.75) is 38.0 Å². The molecule has 29 heavy (non-hydrogen) atoms. The summed E-state index contributed by atoms with van der Waals surface area (Å²) in [6.07, 6.45) is 1.16. The zero-order valence-corrected chi connectivity index (χ0v) is 18.8. The number of benzene rings is 1. The largest absolute Gasteiger partial charge is 0.493 e. The van der Waals surface area contributed by atoms with Gasteiger partial charge in [0.1, 0.15) is 10.0 Å².